The zero-order chi connectivity index (χ0) is 21.0. The molecule has 0 aliphatic carbocycles. The highest BCUT2D eigenvalue weighted by Crippen LogP contribution is 2.22. The van der Waals surface area contributed by atoms with Crippen molar-refractivity contribution in [1.29, 1.82) is 0 Å². The van der Waals surface area contributed by atoms with Gasteiger partial charge in [0.15, 0.2) is 0 Å². The van der Waals surface area contributed by atoms with Gasteiger partial charge in [-0.05, 0) is 69.2 Å². The lowest BCUT2D eigenvalue weighted by Crippen LogP contribution is -2.33. The summed E-state index contributed by atoms with van der Waals surface area (Å²) in [6, 6.07) is 15.6. The summed E-state index contributed by atoms with van der Waals surface area (Å²) in [4.78, 5) is 25.2. The van der Waals surface area contributed by atoms with Crippen LogP contribution in [0.2, 0.25) is 0 Å². The number of benzene rings is 2. The summed E-state index contributed by atoms with van der Waals surface area (Å²) in [5.41, 5.74) is 3.82. The molecule has 1 aromatic heterocycles. The van der Waals surface area contributed by atoms with E-state index in [0.717, 1.165) is 28.1 Å². The van der Waals surface area contributed by atoms with Gasteiger partial charge in [-0.25, -0.2) is 4.68 Å². The van der Waals surface area contributed by atoms with Crippen LogP contribution in [0, 0.1) is 13.8 Å². The standard InChI is InChI=1S/C23H25N3O3/c1-5-29-19-11-9-18(10-12-19)20-13-14-21(27)26(25-20)17(4)23(28)24-22-15(2)7-6-8-16(22)3/h6-14,17H,5H2,1-4H3,(H,24,28). The maximum absolute atomic E-state index is 12.8. The minimum Gasteiger partial charge on any atom is -0.494 e. The highest BCUT2D eigenvalue weighted by Gasteiger charge is 2.19. The first-order chi connectivity index (χ1) is 13.9. The fraction of sp³-hybridized carbons (Fsp3) is 0.261. The molecule has 0 bridgehead atoms. The van der Waals surface area contributed by atoms with E-state index < -0.39 is 6.04 Å². The Morgan fingerprint density at radius 2 is 1.72 bits per heavy atom. The van der Waals surface area contributed by atoms with Crippen molar-refractivity contribution >= 4 is 11.6 Å². The van der Waals surface area contributed by atoms with Crippen LogP contribution in [0.1, 0.15) is 31.0 Å². The van der Waals surface area contributed by atoms with Crippen LogP contribution in [0.4, 0.5) is 5.69 Å². The second kappa shape index (κ2) is 8.73. The lowest BCUT2D eigenvalue weighted by molar-refractivity contribution is -0.119. The third kappa shape index (κ3) is 4.54. The predicted molar refractivity (Wildman–Crippen MR) is 114 cm³/mol. The van der Waals surface area contributed by atoms with Crippen LogP contribution in [0.3, 0.4) is 0 Å². The van der Waals surface area contributed by atoms with Gasteiger partial charge in [0, 0.05) is 17.3 Å². The maximum atomic E-state index is 12.8. The molecule has 6 nitrogen and oxygen atoms in total. The van der Waals surface area contributed by atoms with E-state index >= 15 is 0 Å². The molecule has 3 rings (SSSR count). The number of aryl methyl sites for hydroxylation is 2. The largest absolute Gasteiger partial charge is 0.494 e. The number of anilines is 1. The quantitative estimate of drug-likeness (QED) is 0.686. The summed E-state index contributed by atoms with van der Waals surface area (Å²) >= 11 is 0. The number of aromatic nitrogens is 2. The van der Waals surface area contributed by atoms with Crippen molar-refractivity contribution in [2.75, 3.05) is 11.9 Å². The highest BCUT2D eigenvalue weighted by molar-refractivity contribution is 5.94. The Labute approximate surface area is 170 Å². The van der Waals surface area contributed by atoms with Crippen molar-refractivity contribution in [1.82, 2.24) is 9.78 Å². The maximum Gasteiger partial charge on any atom is 0.267 e. The Morgan fingerprint density at radius 1 is 1.07 bits per heavy atom. The van der Waals surface area contributed by atoms with Gasteiger partial charge in [-0.2, -0.15) is 5.10 Å². The molecular formula is C23H25N3O3. The van der Waals surface area contributed by atoms with E-state index in [0.29, 0.717) is 12.3 Å². The van der Waals surface area contributed by atoms with Crippen LogP contribution in [-0.4, -0.2) is 22.3 Å². The zero-order valence-electron chi connectivity index (χ0n) is 17.1. The summed E-state index contributed by atoms with van der Waals surface area (Å²) < 4.78 is 6.67. The molecule has 1 atom stereocenters. The van der Waals surface area contributed by atoms with E-state index in [1.807, 2.05) is 63.2 Å². The van der Waals surface area contributed by atoms with E-state index in [9.17, 15) is 9.59 Å². The number of hydrogen-bond donors (Lipinski definition) is 1. The number of ether oxygens (including phenoxy) is 1. The molecule has 1 heterocycles. The number of carbonyl (C=O) groups is 1. The third-order valence-electron chi connectivity index (χ3n) is 4.76. The molecule has 0 saturated carbocycles. The second-order valence-corrected chi connectivity index (χ2v) is 6.89. The molecule has 0 fully saturated rings. The van der Waals surface area contributed by atoms with E-state index in [2.05, 4.69) is 10.4 Å². The number of carbonyl (C=O) groups excluding carboxylic acids is 1. The van der Waals surface area contributed by atoms with Crippen molar-refractivity contribution < 1.29 is 9.53 Å². The molecule has 0 aliphatic heterocycles. The Morgan fingerprint density at radius 3 is 2.34 bits per heavy atom. The topological polar surface area (TPSA) is 73.2 Å². The van der Waals surface area contributed by atoms with Crippen molar-refractivity contribution in [2.24, 2.45) is 0 Å². The molecule has 1 amide bonds. The molecule has 2 aromatic carbocycles. The molecule has 1 unspecified atom stereocenters. The molecule has 3 aromatic rings. The molecule has 0 radical (unpaired) electrons. The molecule has 0 spiro atoms. The second-order valence-electron chi connectivity index (χ2n) is 6.89. The van der Waals surface area contributed by atoms with Gasteiger partial charge in [-0.1, -0.05) is 18.2 Å². The molecule has 29 heavy (non-hydrogen) atoms. The third-order valence-corrected chi connectivity index (χ3v) is 4.76. The summed E-state index contributed by atoms with van der Waals surface area (Å²) in [6.07, 6.45) is 0. The van der Waals surface area contributed by atoms with Gasteiger partial charge >= 0.3 is 0 Å². The minimum absolute atomic E-state index is 0.291. The average molecular weight is 391 g/mol. The fourth-order valence-corrected chi connectivity index (χ4v) is 3.10. The van der Waals surface area contributed by atoms with Crippen LogP contribution in [0.25, 0.3) is 11.3 Å². The predicted octanol–water partition coefficient (Wildman–Crippen LogP) is 4.13. The van der Waals surface area contributed by atoms with Crippen molar-refractivity contribution in [2.45, 2.75) is 33.7 Å². The summed E-state index contributed by atoms with van der Waals surface area (Å²) in [5, 5.41) is 7.36. The lowest BCUT2D eigenvalue weighted by atomic mass is 10.1. The first-order valence-electron chi connectivity index (χ1n) is 9.61. The smallest absolute Gasteiger partial charge is 0.267 e. The first kappa shape index (κ1) is 20.3. The zero-order valence-corrected chi connectivity index (χ0v) is 17.1. The molecular weight excluding hydrogens is 366 g/mol. The monoisotopic (exact) mass is 391 g/mol. The number of nitrogens with one attached hydrogen (secondary N) is 1. The van der Waals surface area contributed by atoms with E-state index in [-0.39, 0.29) is 11.5 Å². The number of nitrogens with zero attached hydrogens (tertiary/aromatic N) is 2. The Balaban J connectivity index is 1.87. The van der Waals surface area contributed by atoms with E-state index in [1.54, 1.807) is 13.0 Å². The van der Waals surface area contributed by atoms with Crippen LogP contribution in [0.15, 0.2) is 59.4 Å². The van der Waals surface area contributed by atoms with Gasteiger partial charge < -0.3 is 10.1 Å². The van der Waals surface area contributed by atoms with Crippen molar-refractivity contribution in [3.63, 3.8) is 0 Å². The minimum atomic E-state index is -0.760. The number of para-hydroxylation sites is 1. The van der Waals surface area contributed by atoms with Gasteiger partial charge in [0.2, 0.25) is 5.91 Å². The SMILES string of the molecule is CCOc1ccc(-c2ccc(=O)n(C(C)C(=O)Nc3c(C)cccc3C)n2)cc1. The van der Waals surface area contributed by atoms with Gasteiger partial charge in [-0.15, -0.1) is 0 Å². The molecule has 0 aliphatic rings. The van der Waals surface area contributed by atoms with Crippen LogP contribution in [-0.2, 0) is 4.79 Å². The Kier molecular flexibility index (Phi) is 6.12. The Hall–Kier alpha value is -3.41. The van der Waals surface area contributed by atoms with Crippen LogP contribution in [0.5, 0.6) is 5.75 Å². The van der Waals surface area contributed by atoms with Gasteiger partial charge in [0.1, 0.15) is 11.8 Å². The van der Waals surface area contributed by atoms with Gasteiger partial charge in [0.25, 0.3) is 5.56 Å². The lowest BCUT2D eigenvalue weighted by Gasteiger charge is -2.17. The molecule has 6 heteroatoms. The van der Waals surface area contributed by atoms with Crippen molar-refractivity contribution in [3.05, 3.63) is 76.1 Å². The van der Waals surface area contributed by atoms with E-state index in [4.69, 9.17) is 4.74 Å². The average Bonchev–Trinajstić information content (AvgIpc) is 2.71. The summed E-state index contributed by atoms with van der Waals surface area (Å²) in [6.45, 7) is 8.06. The normalized spacial score (nSPS) is 11.7. The number of hydrogen-bond acceptors (Lipinski definition) is 4. The first-order valence-corrected chi connectivity index (χ1v) is 9.61. The van der Waals surface area contributed by atoms with E-state index in [1.165, 1.54) is 10.7 Å². The van der Waals surface area contributed by atoms with Crippen molar-refractivity contribution in [3.8, 4) is 17.0 Å². The molecule has 1 N–H and O–H groups in total. The summed E-state index contributed by atoms with van der Waals surface area (Å²) in [5.74, 6) is 0.478. The fourth-order valence-electron chi connectivity index (χ4n) is 3.10. The number of rotatable bonds is 6. The number of amides is 1. The van der Waals surface area contributed by atoms with Gasteiger partial charge in [-0.3, -0.25) is 9.59 Å². The Bertz CT molecular complexity index is 1050. The highest BCUT2D eigenvalue weighted by atomic mass is 16.5. The van der Waals surface area contributed by atoms with Gasteiger partial charge in [0.05, 0.1) is 12.3 Å². The van der Waals surface area contributed by atoms with Crippen LogP contribution < -0.4 is 15.6 Å². The molecule has 150 valence electrons. The van der Waals surface area contributed by atoms with Crippen LogP contribution >= 0.6 is 0 Å². The summed E-state index contributed by atoms with van der Waals surface area (Å²) in [7, 11) is 0. The molecule has 0 saturated heterocycles.